The highest BCUT2D eigenvalue weighted by Gasteiger charge is 2.27. The van der Waals surface area contributed by atoms with E-state index in [1.54, 1.807) is 0 Å². The van der Waals surface area contributed by atoms with Crippen molar-refractivity contribution in [3.05, 3.63) is 0 Å². The lowest BCUT2D eigenvalue weighted by Gasteiger charge is -2.04. The topological polar surface area (TPSA) is 78.9 Å². The Kier molecular flexibility index (Phi) is 2.49. The van der Waals surface area contributed by atoms with Crippen molar-refractivity contribution in [2.45, 2.75) is 13.3 Å². The zero-order chi connectivity index (χ0) is 9.97. The van der Waals surface area contributed by atoms with Gasteiger partial charge in [-0.15, -0.1) is 10.2 Å². The van der Waals surface area contributed by atoms with Crippen LogP contribution in [0.3, 0.4) is 0 Å². The summed E-state index contributed by atoms with van der Waals surface area (Å²) in [4.78, 5) is 19.1. The Hall–Kier alpha value is -1.37. The van der Waals surface area contributed by atoms with E-state index >= 15 is 0 Å². The number of aliphatic imine (C=N–C) groups is 2. The van der Waals surface area contributed by atoms with Crippen LogP contribution in [0.2, 0.25) is 0 Å². The van der Waals surface area contributed by atoms with Crippen molar-refractivity contribution in [3.63, 3.8) is 0 Å². The molecule has 0 aromatic rings. The summed E-state index contributed by atoms with van der Waals surface area (Å²) in [6.07, 6.45) is 1.01. The molecule has 0 aromatic carbocycles. The van der Waals surface area contributed by atoms with Crippen LogP contribution in [0.25, 0.3) is 0 Å². The highest BCUT2D eigenvalue weighted by Crippen LogP contribution is 2.14. The Morgan fingerprint density at radius 1 is 1.36 bits per heavy atom. The molecular weight excluding hydrogens is 202 g/mol. The Bertz CT molecular complexity index is 395. The summed E-state index contributed by atoms with van der Waals surface area (Å²) >= 11 is 1.44. The van der Waals surface area contributed by atoms with Crippen LogP contribution in [-0.2, 0) is 4.79 Å². The van der Waals surface area contributed by atoms with Gasteiger partial charge in [0, 0.05) is 5.75 Å². The Morgan fingerprint density at radius 2 is 2.21 bits per heavy atom. The van der Waals surface area contributed by atoms with Crippen molar-refractivity contribution in [2.24, 2.45) is 25.4 Å². The molecule has 7 heteroatoms. The fraction of sp³-hybridized carbons (Fsp3) is 0.429. The third-order valence-corrected chi connectivity index (χ3v) is 2.59. The molecule has 0 aliphatic carbocycles. The molecular formula is C7H7N5OS. The zero-order valence-electron chi connectivity index (χ0n) is 7.47. The van der Waals surface area contributed by atoms with Gasteiger partial charge < -0.3 is 0 Å². The van der Waals surface area contributed by atoms with E-state index in [-0.39, 0.29) is 11.5 Å². The van der Waals surface area contributed by atoms with Gasteiger partial charge in [0.2, 0.25) is 11.5 Å². The second-order valence-electron chi connectivity index (χ2n) is 2.62. The number of nitrogens with zero attached hydrogens (tertiary/aromatic N) is 5. The van der Waals surface area contributed by atoms with E-state index in [0.29, 0.717) is 5.17 Å². The molecule has 6 nitrogen and oxygen atoms in total. The number of amidine groups is 2. The number of fused-ring (bicyclic) bond motifs is 1. The van der Waals surface area contributed by atoms with Gasteiger partial charge in [-0.25, -0.2) is 0 Å². The fourth-order valence-electron chi connectivity index (χ4n) is 0.929. The van der Waals surface area contributed by atoms with E-state index < -0.39 is 5.91 Å². The van der Waals surface area contributed by atoms with Crippen LogP contribution in [0.4, 0.5) is 0 Å². The maximum atomic E-state index is 11.3. The van der Waals surface area contributed by atoms with E-state index in [2.05, 4.69) is 25.4 Å². The average Bonchev–Trinajstić information content (AvgIpc) is 2.63. The minimum atomic E-state index is -0.404. The normalized spacial score (nSPS) is 18.9. The number of carbonyl (C=O) groups excluding carboxylic acids is 1. The maximum Gasteiger partial charge on any atom is 0.304 e. The number of rotatable bonds is 2. The van der Waals surface area contributed by atoms with Gasteiger partial charge >= 0.3 is 5.91 Å². The lowest BCUT2D eigenvalue weighted by Crippen LogP contribution is -2.24. The lowest BCUT2D eigenvalue weighted by atomic mass is 10.3. The summed E-state index contributed by atoms with van der Waals surface area (Å²) in [5.41, 5.74) is 0.144. The minimum Gasteiger partial charge on any atom is -0.265 e. The Morgan fingerprint density at radius 3 is 3.00 bits per heavy atom. The van der Waals surface area contributed by atoms with E-state index in [1.165, 1.54) is 11.8 Å². The van der Waals surface area contributed by atoms with E-state index in [4.69, 9.17) is 0 Å². The van der Waals surface area contributed by atoms with E-state index in [1.807, 2.05) is 6.92 Å². The van der Waals surface area contributed by atoms with Gasteiger partial charge in [0.15, 0.2) is 5.17 Å². The third-order valence-electron chi connectivity index (χ3n) is 1.53. The highest BCUT2D eigenvalue weighted by atomic mass is 32.2. The molecule has 0 atom stereocenters. The van der Waals surface area contributed by atoms with Crippen LogP contribution in [0.1, 0.15) is 13.3 Å². The molecule has 0 fully saturated rings. The molecule has 2 aliphatic heterocycles. The molecule has 2 aliphatic rings. The maximum absolute atomic E-state index is 11.3. The fourth-order valence-corrected chi connectivity index (χ4v) is 1.61. The first kappa shape index (κ1) is 9.20. The summed E-state index contributed by atoms with van der Waals surface area (Å²) in [6.45, 7) is 2.05. The number of hydrogen-bond donors (Lipinski definition) is 0. The molecule has 0 unspecified atom stereocenters. The summed E-state index contributed by atoms with van der Waals surface area (Å²) in [6, 6.07) is 0. The minimum absolute atomic E-state index is 0.144. The number of thioether (sulfide) groups is 1. The van der Waals surface area contributed by atoms with Crippen molar-refractivity contribution in [2.75, 3.05) is 5.75 Å². The summed E-state index contributed by atoms with van der Waals surface area (Å²) in [5.74, 6) is 0.759. The molecule has 14 heavy (non-hydrogen) atoms. The van der Waals surface area contributed by atoms with Crippen LogP contribution in [-0.4, -0.2) is 28.4 Å². The largest absolute Gasteiger partial charge is 0.304 e. The second-order valence-corrected chi connectivity index (χ2v) is 3.68. The molecule has 0 N–H and O–H groups in total. The highest BCUT2D eigenvalue weighted by molar-refractivity contribution is 8.13. The van der Waals surface area contributed by atoms with E-state index in [9.17, 15) is 4.79 Å². The first-order valence-electron chi connectivity index (χ1n) is 4.15. The van der Waals surface area contributed by atoms with Crippen LogP contribution < -0.4 is 0 Å². The van der Waals surface area contributed by atoms with Gasteiger partial charge in [-0.1, -0.05) is 18.7 Å². The monoisotopic (exact) mass is 209 g/mol. The van der Waals surface area contributed by atoms with Crippen LogP contribution in [0.15, 0.2) is 25.4 Å². The number of hydrogen-bond acceptors (Lipinski definition) is 6. The molecule has 0 saturated heterocycles. The zero-order valence-corrected chi connectivity index (χ0v) is 8.28. The summed E-state index contributed by atoms with van der Waals surface area (Å²) < 4.78 is 0. The Labute approximate surface area is 84.3 Å². The molecule has 0 spiro atoms. The van der Waals surface area contributed by atoms with Crippen LogP contribution in [0.5, 0.6) is 0 Å². The van der Waals surface area contributed by atoms with Crippen molar-refractivity contribution >= 4 is 34.4 Å². The van der Waals surface area contributed by atoms with Gasteiger partial charge in [-0.2, -0.15) is 9.98 Å². The lowest BCUT2D eigenvalue weighted by molar-refractivity contribution is -0.111. The molecule has 0 radical (unpaired) electrons. The molecule has 2 rings (SSSR count). The van der Waals surface area contributed by atoms with Crippen LogP contribution in [0, 0.1) is 0 Å². The molecule has 72 valence electrons. The number of amides is 1. The third kappa shape index (κ3) is 1.63. The van der Waals surface area contributed by atoms with Crippen LogP contribution >= 0.6 is 11.8 Å². The first-order valence-corrected chi connectivity index (χ1v) is 5.13. The predicted octanol–water partition coefficient (Wildman–Crippen LogP) is 1.25. The molecule has 0 saturated carbocycles. The molecule has 0 aromatic heterocycles. The van der Waals surface area contributed by atoms with Gasteiger partial charge in [-0.3, -0.25) is 4.79 Å². The number of carbonyl (C=O) groups is 1. The van der Waals surface area contributed by atoms with Crippen molar-refractivity contribution in [3.8, 4) is 0 Å². The Balaban J connectivity index is 2.18. The van der Waals surface area contributed by atoms with Gasteiger partial charge in [0.1, 0.15) is 0 Å². The molecule has 0 bridgehead atoms. The summed E-state index contributed by atoms with van der Waals surface area (Å²) in [7, 11) is 0. The smallest absolute Gasteiger partial charge is 0.265 e. The average molecular weight is 209 g/mol. The predicted molar refractivity (Wildman–Crippen MR) is 54.9 cm³/mol. The molecule has 1 amide bonds. The van der Waals surface area contributed by atoms with E-state index in [0.717, 1.165) is 12.2 Å². The van der Waals surface area contributed by atoms with Crippen molar-refractivity contribution in [1.82, 2.24) is 0 Å². The van der Waals surface area contributed by atoms with Gasteiger partial charge in [-0.05, 0) is 11.6 Å². The first-order chi connectivity index (χ1) is 6.81. The quantitative estimate of drug-likeness (QED) is 0.685. The molecule has 2 heterocycles. The summed E-state index contributed by atoms with van der Waals surface area (Å²) in [5, 5.41) is 11.0. The standard InChI is InChI=1S/C7H7N5OS/c1-2-3-14-7-8-5-4(6(13)9-7)10-12-11-5/h2-3H2,1H3. The van der Waals surface area contributed by atoms with Crippen molar-refractivity contribution < 1.29 is 4.79 Å². The van der Waals surface area contributed by atoms with Gasteiger partial charge in [0.25, 0.3) is 0 Å². The second kappa shape index (κ2) is 3.79. The van der Waals surface area contributed by atoms with Crippen molar-refractivity contribution in [1.29, 1.82) is 0 Å². The van der Waals surface area contributed by atoms with Gasteiger partial charge in [0.05, 0.1) is 0 Å². The SMILES string of the molecule is CCCSC1=NC(=O)C2=NN=NC2=N1.